The summed E-state index contributed by atoms with van der Waals surface area (Å²) in [5.74, 6) is -1.20. The third kappa shape index (κ3) is 3.52. The molecule has 0 aromatic heterocycles. The summed E-state index contributed by atoms with van der Waals surface area (Å²) in [6.07, 6.45) is 0.714. The van der Waals surface area contributed by atoms with Crippen molar-refractivity contribution >= 4 is 34.7 Å². The molecule has 6 nitrogen and oxygen atoms in total. The zero-order chi connectivity index (χ0) is 23.3. The first kappa shape index (κ1) is 21.1. The second-order valence-electron chi connectivity index (χ2n) is 8.17. The molecule has 3 aromatic rings. The van der Waals surface area contributed by atoms with Gasteiger partial charge >= 0.3 is 0 Å². The summed E-state index contributed by atoms with van der Waals surface area (Å²) in [5.41, 5.74) is 2.29. The minimum absolute atomic E-state index is 0.0280. The van der Waals surface area contributed by atoms with Crippen molar-refractivity contribution in [2.45, 2.75) is 25.5 Å². The SMILES string of the molecule is CC1Cc2cc(/C(O)=C3/C(=O)C(=O)N(c4ccccc4)C3c3ccc(O)c(Cl)c3)ccc2O1. The Morgan fingerprint density at radius 2 is 1.82 bits per heavy atom. The van der Waals surface area contributed by atoms with Gasteiger partial charge in [0.2, 0.25) is 0 Å². The number of aromatic hydroxyl groups is 1. The number of halogens is 1. The van der Waals surface area contributed by atoms with Gasteiger partial charge in [-0.15, -0.1) is 0 Å². The van der Waals surface area contributed by atoms with Crippen LogP contribution in [0.4, 0.5) is 5.69 Å². The highest BCUT2D eigenvalue weighted by Gasteiger charge is 2.47. The molecule has 166 valence electrons. The lowest BCUT2D eigenvalue weighted by Gasteiger charge is -2.25. The number of nitrogens with zero attached hydrogens (tertiary/aromatic N) is 1. The molecular formula is C26H20ClNO5. The minimum atomic E-state index is -0.922. The predicted molar refractivity (Wildman–Crippen MR) is 125 cm³/mol. The first-order valence-corrected chi connectivity index (χ1v) is 10.9. The van der Waals surface area contributed by atoms with Gasteiger partial charge in [-0.05, 0) is 60.5 Å². The highest BCUT2D eigenvalue weighted by atomic mass is 35.5. The Morgan fingerprint density at radius 3 is 2.55 bits per heavy atom. The predicted octanol–water partition coefficient (Wildman–Crippen LogP) is 5.00. The summed E-state index contributed by atoms with van der Waals surface area (Å²) in [4.78, 5) is 27.7. The first-order chi connectivity index (χ1) is 15.8. The fraction of sp³-hybridized carbons (Fsp3) is 0.154. The van der Waals surface area contributed by atoms with Crippen LogP contribution in [0.1, 0.15) is 29.7 Å². The molecule has 0 bridgehead atoms. The van der Waals surface area contributed by atoms with Crippen LogP contribution in [0.5, 0.6) is 11.5 Å². The Morgan fingerprint density at radius 1 is 1.06 bits per heavy atom. The van der Waals surface area contributed by atoms with Crippen LogP contribution in [0.15, 0.2) is 72.3 Å². The van der Waals surface area contributed by atoms with E-state index in [2.05, 4.69) is 0 Å². The number of fused-ring (bicyclic) bond motifs is 1. The van der Waals surface area contributed by atoms with Crippen LogP contribution in [0.25, 0.3) is 5.76 Å². The van der Waals surface area contributed by atoms with E-state index in [0.29, 0.717) is 23.2 Å². The molecule has 1 saturated heterocycles. The number of hydrogen-bond donors (Lipinski definition) is 2. The molecule has 1 amide bonds. The molecule has 0 saturated carbocycles. The van der Waals surface area contributed by atoms with Gasteiger partial charge in [-0.2, -0.15) is 0 Å². The number of phenolic OH excluding ortho intramolecular Hbond substituents is 1. The topological polar surface area (TPSA) is 87.1 Å². The standard InChI is InChI=1S/C26H20ClNO5/c1-14-11-17-12-16(8-10-21(17)33-14)24(30)22-23(15-7-9-20(29)19(27)13-15)28(26(32)25(22)31)18-5-3-2-4-6-18/h2-10,12-14,23,29-30H,11H2,1H3/b24-22-. The van der Waals surface area contributed by atoms with E-state index in [4.69, 9.17) is 16.3 Å². The highest BCUT2D eigenvalue weighted by Crippen LogP contribution is 2.44. The molecule has 2 aliphatic rings. The molecule has 0 aliphatic carbocycles. The van der Waals surface area contributed by atoms with Crippen LogP contribution in [-0.2, 0) is 16.0 Å². The van der Waals surface area contributed by atoms with Gasteiger partial charge in [-0.3, -0.25) is 14.5 Å². The number of benzene rings is 3. The van der Waals surface area contributed by atoms with Crippen molar-refractivity contribution in [2.24, 2.45) is 0 Å². The number of Topliss-reactive ketones (excluding diaryl/α,β-unsaturated/α-hetero) is 1. The number of carbonyl (C=O) groups excluding carboxylic acids is 2. The van der Waals surface area contributed by atoms with E-state index in [-0.39, 0.29) is 28.2 Å². The van der Waals surface area contributed by atoms with Crippen molar-refractivity contribution in [1.82, 2.24) is 0 Å². The van der Waals surface area contributed by atoms with Gasteiger partial charge in [0.15, 0.2) is 0 Å². The Kier molecular flexibility index (Phi) is 5.10. The molecule has 3 aromatic carbocycles. The second kappa shape index (κ2) is 7.98. The molecule has 7 heteroatoms. The van der Waals surface area contributed by atoms with Crippen LogP contribution >= 0.6 is 11.6 Å². The van der Waals surface area contributed by atoms with Gasteiger partial charge in [-0.1, -0.05) is 35.9 Å². The van der Waals surface area contributed by atoms with Crippen LogP contribution in [-0.4, -0.2) is 28.0 Å². The van der Waals surface area contributed by atoms with Crippen molar-refractivity contribution in [3.63, 3.8) is 0 Å². The van der Waals surface area contributed by atoms with Crippen molar-refractivity contribution in [3.8, 4) is 11.5 Å². The fourth-order valence-electron chi connectivity index (χ4n) is 4.42. The summed E-state index contributed by atoms with van der Waals surface area (Å²) in [6.45, 7) is 1.96. The number of aliphatic hydroxyl groups excluding tert-OH is 1. The van der Waals surface area contributed by atoms with Crippen LogP contribution in [0, 0.1) is 0 Å². The fourth-order valence-corrected chi connectivity index (χ4v) is 4.61. The maximum Gasteiger partial charge on any atom is 0.300 e. The monoisotopic (exact) mass is 461 g/mol. The van der Waals surface area contributed by atoms with E-state index in [0.717, 1.165) is 11.3 Å². The van der Waals surface area contributed by atoms with Crippen LogP contribution < -0.4 is 9.64 Å². The van der Waals surface area contributed by atoms with E-state index >= 15 is 0 Å². The third-order valence-electron chi connectivity index (χ3n) is 5.94. The molecule has 2 aliphatic heterocycles. The van der Waals surface area contributed by atoms with Gasteiger partial charge in [-0.25, -0.2) is 0 Å². The summed E-state index contributed by atoms with van der Waals surface area (Å²) in [7, 11) is 0. The Balaban J connectivity index is 1.70. The van der Waals surface area contributed by atoms with Crippen molar-refractivity contribution in [3.05, 3.63) is 94.0 Å². The molecule has 2 atom stereocenters. The molecular weight excluding hydrogens is 442 g/mol. The number of rotatable bonds is 3. The van der Waals surface area contributed by atoms with Gasteiger partial charge < -0.3 is 14.9 Å². The normalized spacial score (nSPS) is 21.2. The summed E-state index contributed by atoms with van der Waals surface area (Å²) >= 11 is 6.15. The zero-order valence-electron chi connectivity index (χ0n) is 17.7. The summed E-state index contributed by atoms with van der Waals surface area (Å²) < 4.78 is 5.73. The minimum Gasteiger partial charge on any atom is -0.507 e. The van der Waals surface area contributed by atoms with Crippen molar-refractivity contribution in [2.75, 3.05) is 4.90 Å². The molecule has 2 N–H and O–H groups in total. The molecule has 0 radical (unpaired) electrons. The van der Waals surface area contributed by atoms with Crippen LogP contribution in [0.2, 0.25) is 5.02 Å². The number of carbonyl (C=O) groups is 2. The van der Waals surface area contributed by atoms with Crippen LogP contribution in [0.3, 0.4) is 0 Å². The lowest BCUT2D eigenvalue weighted by molar-refractivity contribution is -0.132. The van der Waals surface area contributed by atoms with E-state index in [9.17, 15) is 19.8 Å². The molecule has 33 heavy (non-hydrogen) atoms. The maximum absolute atomic E-state index is 13.2. The average Bonchev–Trinajstić information content (AvgIpc) is 3.31. The van der Waals surface area contributed by atoms with E-state index < -0.39 is 17.7 Å². The smallest absolute Gasteiger partial charge is 0.300 e. The lowest BCUT2D eigenvalue weighted by Crippen LogP contribution is -2.29. The van der Waals surface area contributed by atoms with Crippen molar-refractivity contribution in [1.29, 1.82) is 0 Å². The quantitative estimate of drug-likeness (QED) is 0.326. The Hall–Kier alpha value is -3.77. The summed E-state index contributed by atoms with van der Waals surface area (Å²) in [5, 5.41) is 21.2. The van der Waals surface area contributed by atoms with E-state index in [1.54, 1.807) is 54.6 Å². The third-order valence-corrected chi connectivity index (χ3v) is 6.24. The Bertz CT molecular complexity index is 1320. The number of ketones is 1. The molecule has 1 fully saturated rings. The number of phenols is 1. The number of hydrogen-bond acceptors (Lipinski definition) is 5. The number of aliphatic hydroxyl groups is 1. The van der Waals surface area contributed by atoms with Gasteiger partial charge in [0.05, 0.1) is 16.6 Å². The van der Waals surface area contributed by atoms with Gasteiger partial charge in [0.25, 0.3) is 11.7 Å². The second-order valence-corrected chi connectivity index (χ2v) is 8.58. The lowest BCUT2D eigenvalue weighted by atomic mass is 9.94. The molecule has 5 rings (SSSR count). The van der Waals surface area contributed by atoms with E-state index in [1.165, 1.54) is 17.0 Å². The molecule has 2 heterocycles. The summed E-state index contributed by atoms with van der Waals surface area (Å²) in [6, 6.07) is 17.5. The highest BCUT2D eigenvalue weighted by molar-refractivity contribution is 6.51. The average molecular weight is 462 g/mol. The number of ether oxygens (including phenoxy) is 1. The van der Waals surface area contributed by atoms with Gasteiger partial charge in [0.1, 0.15) is 23.4 Å². The van der Waals surface area contributed by atoms with E-state index in [1.807, 2.05) is 6.92 Å². The Labute approximate surface area is 195 Å². The van der Waals surface area contributed by atoms with Crippen molar-refractivity contribution < 1.29 is 24.5 Å². The molecule has 2 unspecified atom stereocenters. The number of anilines is 1. The maximum atomic E-state index is 13.2. The largest absolute Gasteiger partial charge is 0.507 e. The number of para-hydroxylation sites is 1. The zero-order valence-corrected chi connectivity index (χ0v) is 18.4. The first-order valence-electron chi connectivity index (χ1n) is 10.5. The van der Waals surface area contributed by atoms with Gasteiger partial charge in [0, 0.05) is 17.7 Å². The molecule has 0 spiro atoms. The number of amides is 1.